The highest BCUT2D eigenvalue weighted by atomic mass is 32.2. The van der Waals surface area contributed by atoms with Crippen molar-refractivity contribution >= 4 is 27.5 Å². The van der Waals surface area contributed by atoms with Crippen LogP contribution in [0.15, 0.2) is 78.9 Å². The lowest BCUT2D eigenvalue weighted by atomic mass is 10.0. The van der Waals surface area contributed by atoms with Crippen LogP contribution in [0.1, 0.15) is 49.7 Å². The molecule has 3 aromatic carbocycles. The Kier molecular flexibility index (Phi) is 11.2. The van der Waals surface area contributed by atoms with E-state index in [1.54, 1.807) is 18.1 Å². The van der Waals surface area contributed by atoms with E-state index in [0.717, 1.165) is 47.4 Å². The van der Waals surface area contributed by atoms with Gasteiger partial charge in [-0.1, -0.05) is 67.4 Å². The molecule has 4 rings (SSSR count). The summed E-state index contributed by atoms with van der Waals surface area (Å²) in [4.78, 5) is 29.4. The number of methoxy groups -OCH3 is 1. The van der Waals surface area contributed by atoms with Crippen molar-refractivity contribution < 1.29 is 27.1 Å². The summed E-state index contributed by atoms with van der Waals surface area (Å²) < 4.78 is 46.0. The van der Waals surface area contributed by atoms with Gasteiger partial charge in [-0.2, -0.15) is 0 Å². The maximum absolute atomic E-state index is 14.5. The molecule has 0 unspecified atom stereocenters. The highest BCUT2D eigenvalue weighted by molar-refractivity contribution is 7.92. The zero-order valence-corrected chi connectivity index (χ0v) is 25.6. The SMILES string of the molecule is COc1cccc(CN(C(=O)CCCN(c2ccccc2F)S(C)(=O)=O)[C@@H](Cc2ccccc2)C(=O)NC2CCCC2)c1. The van der Waals surface area contributed by atoms with Gasteiger partial charge in [0.05, 0.1) is 19.1 Å². The Morgan fingerprint density at radius 3 is 2.33 bits per heavy atom. The Labute approximate surface area is 253 Å². The molecule has 3 aromatic rings. The van der Waals surface area contributed by atoms with Gasteiger partial charge >= 0.3 is 0 Å². The molecule has 0 heterocycles. The van der Waals surface area contributed by atoms with E-state index in [-0.39, 0.29) is 49.5 Å². The summed E-state index contributed by atoms with van der Waals surface area (Å²) in [6, 6.07) is 21.9. The number of benzene rings is 3. The van der Waals surface area contributed by atoms with E-state index >= 15 is 0 Å². The summed E-state index contributed by atoms with van der Waals surface area (Å²) >= 11 is 0. The monoisotopic (exact) mass is 609 g/mol. The van der Waals surface area contributed by atoms with E-state index in [1.165, 1.54) is 18.2 Å². The molecule has 1 fully saturated rings. The Hall–Kier alpha value is -3.92. The predicted molar refractivity (Wildman–Crippen MR) is 166 cm³/mol. The van der Waals surface area contributed by atoms with Crippen molar-refractivity contribution in [2.24, 2.45) is 0 Å². The van der Waals surface area contributed by atoms with E-state index in [4.69, 9.17) is 4.74 Å². The molecule has 1 saturated carbocycles. The first-order valence-electron chi connectivity index (χ1n) is 14.6. The first kappa shape index (κ1) is 32.0. The van der Waals surface area contributed by atoms with Crippen molar-refractivity contribution in [3.8, 4) is 5.75 Å². The van der Waals surface area contributed by atoms with E-state index in [2.05, 4.69) is 5.32 Å². The lowest BCUT2D eigenvalue weighted by Gasteiger charge is -2.33. The summed E-state index contributed by atoms with van der Waals surface area (Å²) in [5.41, 5.74) is 1.65. The Bertz CT molecular complexity index is 1480. The third-order valence-corrected chi connectivity index (χ3v) is 8.91. The van der Waals surface area contributed by atoms with Crippen molar-refractivity contribution in [2.75, 3.05) is 24.2 Å². The van der Waals surface area contributed by atoms with Gasteiger partial charge in [0.1, 0.15) is 17.6 Å². The molecule has 0 saturated heterocycles. The Morgan fingerprint density at radius 1 is 0.977 bits per heavy atom. The highest BCUT2D eigenvalue weighted by Gasteiger charge is 2.32. The van der Waals surface area contributed by atoms with Crippen molar-refractivity contribution in [3.05, 3.63) is 95.8 Å². The predicted octanol–water partition coefficient (Wildman–Crippen LogP) is 5.08. The molecule has 0 aliphatic heterocycles. The molecule has 0 bridgehead atoms. The Morgan fingerprint density at radius 2 is 1.65 bits per heavy atom. The Balaban J connectivity index is 1.60. The summed E-state index contributed by atoms with van der Waals surface area (Å²) in [7, 11) is -2.24. The zero-order chi connectivity index (χ0) is 30.8. The van der Waals surface area contributed by atoms with Crippen molar-refractivity contribution in [1.29, 1.82) is 0 Å². The number of hydrogen-bond acceptors (Lipinski definition) is 5. The topological polar surface area (TPSA) is 96.0 Å². The van der Waals surface area contributed by atoms with Crippen molar-refractivity contribution in [3.63, 3.8) is 0 Å². The third kappa shape index (κ3) is 9.03. The van der Waals surface area contributed by atoms with Crippen LogP contribution in [0.2, 0.25) is 0 Å². The van der Waals surface area contributed by atoms with Crippen LogP contribution in [0.4, 0.5) is 10.1 Å². The lowest BCUT2D eigenvalue weighted by Crippen LogP contribution is -2.52. The van der Waals surface area contributed by atoms with Gasteiger partial charge in [-0.05, 0) is 54.7 Å². The van der Waals surface area contributed by atoms with Gasteiger partial charge in [-0.25, -0.2) is 12.8 Å². The summed E-state index contributed by atoms with van der Waals surface area (Å²) in [6.07, 6.45) is 5.36. The molecule has 0 aromatic heterocycles. The third-order valence-electron chi connectivity index (χ3n) is 7.73. The smallest absolute Gasteiger partial charge is 0.243 e. The maximum Gasteiger partial charge on any atom is 0.243 e. The molecule has 1 aliphatic rings. The van der Waals surface area contributed by atoms with Crippen LogP contribution in [0.25, 0.3) is 0 Å². The number of carbonyl (C=O) groups is 2. The fraction of sp³-hybridized carbons (Fsp3) is 0.394. The first-order chi connectivity index (χ1) is 20.7. The standard InChI is InChI=1S/C33H40FN3O5S/c1-42-28-17-10-14-26(22-28)24-36(31(23-25-12-4-3-5-13-25)33(39)35-27-15-6-7-16-27)32(38)20-11-21-37(43(2,40)41)30-19-9-8-18-29(30)34/h3-5,8-10,12-14,17-19,22,27,31H,6-7,11,15-16,20-21,23-24H2,1-2H3,(H,35,39)/t31-/m0/s1. The molecule has 1 N–H and O–H groups in total. The quantitative estimate of drug-likeness (QED) is 0.275. The number of para-hydroxylation sites is 1. The molecule has 1 aliphatic carbocycles. The van der Waals surface area contributed by atoms with Crippen LogP contribution < -0.4 is 14.4 Å². The minimum absolute atomic E-state index is 0.0353. The molecular weight excluding hydrogens is 569 g/mol. The number of halogens is 1. The number of anilines is 1. The van der Waals surface area contributed by atoms with Crippen LogP contribution >= 0.6 is 0 Å². The van der Waals surface area contributed by atoms with E-state index < -0.39 is 21.9 Å². The van der Waals surface area contributed by atoms with Gasteiger partial charge in [0.2, 0.25) is 21.8 Å². The number of nitrogens with zero attached hydrogens (tertiary/aromatic N) is 2. The number of nitrogens with one attached hydrogen (secondary N) is 1. The van der Waals surface area contributed by atoms with Gasteiger partial charge in [-0.15, -0.1) is 0 Å². The largest absolute Gasteiger partial charge is 0.497 e. The van der Waals surface area contributed by atoms with Gasteiger partial charge < -0.3 is 15.0 Å². The summed E-state index contributed by atoms with van der Waals surface area (Å²) in [5, 5.41) is 3.18. The van der Waals surface area contributed by atoms with E-state index in [9.17, 15) is 22.4 Å². The second kappa shape index (κ2) is 15.0. The average molecular weight is 610 g/mol. The number of carbonyl (C=O) groups excluding carboxylic acids is 2. The van der Waals surface area contributed by atoms with Crippen LogP contribution in [-0.2, 0) is 32.6 Å². The van der Waals surface area contributed by atoms with Crippen molar-refractivity contribution in [2.45, 2.75) is 63.6 Å². The molecule has 8 nitrogen and oxygen atoms in total. The van der Waals surface area contributed by atoms with E-state index in [0.29, 0.717) is 12.2 Å². The molecule has 2 amide bonds. The highest BCUT2D eigenvalue weighted by Crippen LogP contribution is 2.24. The molecule has 0 radical (unpaired) electrons. The van der Waals surface area contributed by atoms with Gasteiger partial charge in [0.15, 0.2) is 0 Å². The minimum Gasteiger partial charge on any atom is -0.497 e. The molecule has 1 atom stereocenters. The average Bonchev–Trinajstić information content (AvgIpc) is 3.50. The summed E-state index contributed by atoms with van der Waals surface area (Å²) in [5.74, 6) is -0.539. The van der Waals surface area contributed by atoms with Crippen LogP contribution in [0.3, 0.4) is 0 Å². The second-order valence-electron chi connectivity index (χ2n) is 11.0. The fourth-order valence-corrected chi connectivity index (χ4v) is 6.49. The van der Waals surface area contributed by atoms with Crippen molar-refractivity contribution in [1.82, 2.24) is 10.2 Å². The molecular formula is C33H40FN3O5S. The van der Waals surface area contributed by atoms with Crippen LogP contribution in [0.5, 0.6) is 5.75 Å². The fourth-order valence-electron chi connectivity index (χ4n) is 5.53. The molecule has 43 heavy (non-hydrogen) atoms. The number of sulfonamides is 1. The number of hydrogen-bond donors (Lipinski definition) is 1. The number of ether oxygens (including phenoxy) is 1. The molecule has 10 heteroatoms. The minimum atomic E-state index is -3.81. The number of amides is 2. The van der Waals surface area contributed by atoms with Gasteiger partial charge in [-0.3, -0.25) is 13.9 Å². The normalized spacial score (nSPS) is 14.2. The lowest BCUT2D eigenvalue weighted by molar-refractivity contribution is -0.141. The van der Waals surface area contributed by atoms with Crippen LogP contribution in [0, 0.1) is 5.82 Å². The zero-order valence-electron chi connectivity index (χ0n) is 24.7. The summed E-state index contributed by atoms with van der Waals surface area (Å²) in [6.45, 7) is 0.0743. The maximum atomic E-state index is 14.5. The second-order valence-corrected chi connectivity index (χ2v) is 12.9. The van der Waals surface area contributed by atoms with Gasteiger partial charge in [0, 0.05) is 32.0 Å². The van der Waals surface area contributed by atoms with Crippen LogP contribution in [-0.4, -0.2) is 57.1 Å². The van der Waals surface area contributed by atoms with Gasteiger partial charge in [0.25, 0.3) is 0 Å². The molecule has 0 spiro atoms. The van der Waals surface area contributed by atoms with E-state index in [1.807, 2.05) is 54.6 Å². The number of rotatable bonds is 14. The molecule has 230 valence electrons. The first-order valence-corrected chi connectivity index (χ1v) is 16.5.